The van der Waals surface area contributed by atoms with E-state index in [0.717, 1.165) is 52.6 Å². The lowest BCUT2D eigenvalue weighted by atomic mass is 10.1. The molecule has 2 aromatic heterocycles. The largest absolute Gasteiger partial charge is 0.354 e. The lowest BCUT2D eigenvalue weighted by Gasteiger charge is -2.08. The van der Waals surface area contributed by atoms with Crippen molar-refractivity contribution in [2.24, 2.45) is 0 Å². The molecule has 8 heteroatoms. The molecule has 5 aromatic rings. The van der Waals surface area contributed by atoms with Crippen LogP contribution in [0.2, 0.25) is 0 Å². The number of para-hydroxylation sites is 2. The highest BCUT2D eigenvalue weighted by Gasteiger charge is 2.07. The molecule has 0 atom stereocenters. The van der Waals surface area contributed by atoms with E-state index in [9.17, 15) is 9.59 Å². The normalized spacial score (nSPS) is 10.4. The standard InChI is InChI=1S/C20H12N2S2.2C4H9NO/c23-19-11-5-1-3-7-15(11)21-17-10-14-18(9-13(17)19)22-16-8-4-2-6-12(16)20(14)24;2*1-4(6)5(2)3/h1-10H,(H,21,23)(H,22,24);2*1-3H3. The zero-order valence-corrected chi connectivity index (χ0v) is 22.9. The molecule has 36 heavy (non-hydrogen) atoms. The van der Waals surface area contributed by atoms with Gasteiger partial charge >= 0.3 is 0 Å². The van der Waals surface area contributed by atoms with Crippen LogP contribution in [0.4, 0.5) is 0 Å². The molecule has 0 spiro atoms. The SMILES string of the molecule is CC(=O)N(C)C.CC(=O)N(C)C.S=c1c2ccccc2[nH]c2cc3c(=S)c4ccccc4[nH]c3cc12. The van der Waals surface area contributed by atoms with E-state index in [4.69, 9.17) is 24.4 Å². The van der Waals surface area contributed by atoms with Crippen LogP contribution in [0, 0.1) is 9.02 Å². The molecule has 0 saturated carbocycles. The summed E-state index contributed by atoms with van der Waals surface area (Å²) in [5.74, 6) is 0.185. The predicted molar refractivity (Wildman–Crippen MR) is 156 cm³/mol. The summed E-state index contributed by atoms with van der Waals surface area (Å²) in [6.07, 6.45) is 0. The molecule has 0 saturated heterocycles. The number of hydrogen-bond acceptors (Lipinski definition) is 4. The van der Waals surface area contributed by atoms with Crippen molar-refractivity contribution in [1.29, 1.82) is 0 Å². The van der Waals surface area contributed by atoms with Gasteiger partial charge in [-0.25, -0.2) is 0 Å². The van der Waals surface area contributed by atoms with Gasteiger partial charge in [0.2, 0.25) is 11.8 Å². The number of benzene rings is 3. The average Bonchev–Trinajstić information content (AvgIpc) is 2.84. The first kappa shape index (κ1) is 27.0. The van der Waals surface area contributed by atoms with E-state index in [0.29, 0.717) is 0 Å². The van der Waals surface area contributed by atoms with Gasteiger partial charge in [-0.3, -0.25) is 9.59 Å². The Morgan fingerprint density at radius 1 is 0.583 bits per heavy atom. The van der Waals surface area contributed by atoms with Gasteiger partial charge in [0.1, 0.15) is 0 Å². The fourth-order valence-corrected chi connectivity index (χ4v) is 4.04. The van der Waals surface area contributed by atoms with E-state index in [1.54, 1.807) is 28.2 Å². The van der Waals surface area contributed by atoms with Crippen LogP contribution in [-0.4, -0.2) is 59.8 Å². The number of carbonyl (C=O) groups is 2. The first-order chi connectivity index (χ1) is 17.0. The third kappa shape index (κ3) is 5.95. The third-order valence-corrected chi connectivity index (χ3v) is 6.67. The number of nitrogens with zero attached hydrogens (tertiary/aromatic N) is 2. The summed E-state index contributed by atoms with van der Waals surface area (Å²) < 4.78 is 1.74. The highest BCUT2D eigenvalue weighted by molar-refractivity contribution is 7.72. The van der Waals surface area contributed by atoms with Crippen molar-refractivity contribution in [1.82, 2.24) is 19.8 Å². The lowest BCUT2D eigenvalue weighted by molar-refractivity contribution is -0.127. The van der Waals surface area contributed by atoms with Gasteiger partial charge in [-0.1, -0.05) is 60.8 Å². The van der Waals surface area contributed by atoms with Crippen LogP contribution in [0.5, 0.6) is 0 Å². The zero-order chi connectivity index (χ0) is 26.6. The second-order valence-electron chi connectivity index (χ2n) is 8.77. The Hall–Kier alpha value is -3.62. The summed E-state index contributed by atoms with van der Waals surface area (Å²) in [7, 11) is 6.90. The molecule has 0 bridgehead atoms. The van der Waals surface area contributed by atoms with Gasteiger partial charge in [0.25, 0.3) is 0 Å². The Morgan fingerprint density at radius 2 is 0.889 bits per heavy atom. The van der Waals surface area contributed by atoms with Crippen LogP contribution >= 0.6 is 24.4 Å². The first-order valence-corrected chi connectivity index (χ1v) is 12.2. The minimum atomic E-state index is 0.0926. The van der Waals surface area contributed by atoms with E-state index in [1.807, 2.05) is 24.3 Å². The van der Waals surface area contributed by atoms with Gasteiger partial charge in [-0.05, 0) is 24.3 Å². The first-order valence-electron chi connectivity index (χ1n) is 11.4. The monoisotopic (exact) mass is 518 g/mol. The number of H-pyrrole nitrogens is 2. The number of fused-ring (bicyclic) bond motifs is 4. The summed E-state index contributed by atoms with van der Waals surface area (Å²) in [5.41, 5.74) is 4.12. The predicted octanol–water partition coefficient (Wildman–Crippen LogP) is 6.60. The number of aromatic nitrogens is 2. The molecular weight excluding hydrogens is 488 g/mol. The topological polar surface area (TPSA) is 72.2 Å². The zero-order valence-electron chi connectivity index (χ0n) is 21.3. The number of hydrogen-bond donors (Lipinski definition) is 2. The molecular formula is C28H30N4O2S2. The molecule has 5 rings (SSSR count). The Morgan fingerprint density at radius 3 is 1.19 bits per heavy atom. The maximum absolute atomic E-state index is 10.1. The molecule has 186 valence electrons. The van der Waals surface area contributed by atoms with Crippen LogP contribution in [-0.2, 0) is 9.59 Å². The average molecular weight is 519 g/mol. The van der Waals surface area contributed by atoms with Gasteiger partial charge < -0.3 is 19.8 Å². The van der Waals surface area contributed by atoms with E-state index < -0.39 is 0 Å². The number of pyridine rings is 2. The van der Waals surface area contributed by atoms with Crippen molar-refractivity contribution < 1.29 is 9.59 Å². The second kappa shape index (κ2) is 11.4. The summed E-state index contributed by atoms with van der Waals surface area (Å²) in [5, 5.41) is 4.21. The summed E-state index contributed by atoms with van der Waals surface area (Å²) >= 11 is 11.5. The molecule has 2 N–H and O–H groups in total. The minimum Gasteiger partial charge on any atom is -0.354 e. The lowest BCUT2D eigenvalue weighted by Crippen LogP contribution is -2.17. The maximum Gasteiger partial charge on any atom is 0.218 e. The molecule has 2 heterocycles. The van der Waals surface area contributed by atoms with Crippen molar-refractivity contribution >= 4 is 79.9 Å². The summed E-state index contributed by atoms with van der Waals surface area (Å²) in [6, 6.07) is 20.5. The molecule has 2 amide bonds. The number of amides is 2. The van der Waals surface area contributed by atoms with Crippen LogP contribution < -0.4 is 0 Å². The summed E-state index contributed by atoms with van der Waals surface area (Å²) in [4.78, 5) is 30.2. The summed E-state index contributed by atoms with van der Waals surface area (Å²) in [6.45, 7) is 3.06. The molecule has 0 unspecified atom stereocenters. The molecule has 0 aliphatic heterocycles. The second-order valence-corrected chi connectivity index (χ2v) is 9.59. The van der Waals surface area contributed by atoms with Gasteiger partial charge in [0, 0.05) is 85.6 Å². The smallest absolute Gasteiger partial charge is 0.218 e. The molecule has 6 nitrogen and oxygen atoms in total. The number of aromatic amines is 2. The van der Waals surface area contributed by atoms with Gasteiger partial charge in [-0.2, -0.15) is 0 Å². The Kier molecular flexibility index (Phi) is 8.55. The fraction of sp³-hybridized carbons (Fsp3) is 0.214. The Balaban J connectivity index is 0.000000253. The van der Waals surface area contributed by atoms with Gasteiger partial charge in [0.15, 0.2) is 0 Å². The molecule has 0 radical (unpaired) electrons. The van der Waals surface area contributed by atoms with Crippen LogP contribution in [0.1, 0.15) is 13.8 Å². The Bertz CT molecular complexity index is 1570. The number of nitrogens with one attached hydrogen (secondary N) is 2. The van der Waals surface area contributed by atoms with Crippen molar-refractivity contribution in [2.75, 3.05) is 28.2 Å². The third-order valence-electron chi connectivity index (χ3n) is 5.79. The van der Waals surface area contributed by atoms with Gasteiger partial charge in [-0.15, -0.1) is 0 Å². The van der Waals surface area contributed by atoms with E-state index in [2.05, 4.69) is 46.4 Å². The van der Waals surface area contributed by atoms with Crippen LogP contribution in [0.25, 0.3) is 43.6 Å². The highest BCUT2D eigenvalue weighted by Crippen LogP contribution is 2.29. The molecule has 0 aliphatic rings. The van der Waals surface area contributed by atoms with Crippen molar-refractivity contribution in [3.8, 4) is 0 Å². The van der Waals surface area contributed by atoms with E-state index in [-0.39, 0.29) is 11.8 Å². The van der Waals surface area contributed by atoms with E-state index in [1.165, 1.54) is 23.6 Å². The molecule has 3 aromatic carbocycles. The molecule has 0 aliphatic carbocycles. The molecule has 0 fully saturated rings. The van der Waals surface area contributed by atoms with E-state index >= 15 is 0 Å². The van der Waals surface area contributed by atoms with Crippen molar-refractivity contribution in [3.63, 3.8) is 0 Å². The quantitative estimate of drug-likeness (QED) is 0.179. The van der Waals surface area contributed by atoms with Crippen molar-refractivity contribution in [3.05, 3.63) is 69.7 Å². The fourth-order valence-electron chi connectivity index (χ4n) is 3.34. The minimum absolute atomic E-state index is 0.0926. The van der Waals surface area contributed by atoms with Crippen LogP contribution in [0.3, 0.4) is 0 Å². The van der Waals surface area contributed by atoms with Crippen molar-refractivity contribution in [2.45, 2.75) is 13.8 Å². The number of carbonyl (C=O) groups excluding carboxylic acids is 2. The maximum atomic E-state index is 10.1. The van der Waals surface area contributed by atoms with Gasteiger partial charge in [0.05, 0.1) is 9.02 Å². The number of rotatable bonds is 0. The van der Waals surface area contributed by atoms with Crippen LogP contribution in [0.15, 0.2) is 60.7 Å². The highest BCUT2D eigenvalue weighted by atomic mass is 32.1. The Labute approximate surface area is 220 Å².